The number of carbonyl (C=O) groups is 1. The van der Waals surface area contributed by atoms with Crippen LogP contribution in [0.3, 0.4) is 0 Å². The molecule has 0 saturated carbocycles. The molecule has 1 N–H and O–H groups in total. The number of amides is 1. The van der Waals surface area contributed by atoms with Crippen LogP contribution in [0.4, 0.5) is 4.39 Å². The quantitative estimate of drug-likeness (QED) is 0.877. The molecule has 0 radical (unpaired) electrons. The van der Waals surface area contributed by atoms with Crippen molar-refractivity contribution in [3.05, 3.63) is 29.6 Å². The maximum atomic E-state index is 13.9. The van der Waals surface area contributed by atoms with Gasteiger partial charge in [0, 0.05) is 6.54 Å². The van der Waals surface area contributed by atoms with Gasteiger partial charge < -0.3 is 9.64 Å². The average molecular weight is 294 g/mol. The van der Waals surface area contributed by atoms with Gasteiger partial charge in [-0.2, -0.15) is 0 Å². The third-order valence-corrected chi connectivity index (χ3v) is 4.18. The third-order valence-electron chi connectivity index (χ3n) is 4.18. The number of carbonyl (C=O) groups excluding carboxylic acids is 1. The Balaban J connectivity index is 2.20. The largest absolute Gasteiger partial charge is 0.494 e. The van der Waals surface area contributed by atoms with E-state index in [-0.39, 0.29) is 17.8 Å². The fourth-order valence-electron chi connectivity index (χ4n) is 2.72. The van der Waals surface area contributed by atoms with E-state index in [1.54, 1.807) is 12.1 Å². The molecule has 1 fully saturated rings. The highest BCUT2D eigenvalue weighted by Crippen LogP contribution is 2.28. The first-order valence-electron chi connectivity index (χ1n) is 7.46. The van der Waals surface area contributed by atoms with E-state index >= 15 is 0 Å². The van der Waals surface area contributed by atoms with Crippen LogP contribution in [0.1, 0.15) is 38.4 Å². The molecule has 1 amide bonds. The number of methoxy groups -OCH3 is 1. The second kappa shape index (κ2) is 6.89. The van der Waals surface area contributed by atoms with Gasteiger partial charge in [0.2, 0.25) is 5.91 Å². The van der Waals surface area contributed by atoms with Crippen molar-refractivity contribution in [2.24, 2.45) is 5.92 Å². The lowest BCUT2D eigenvalue weighted by Crippen LogP contribution is -2.34. The summed E-state index contributed by atoms with van der Waals surface area (Å²) in [4.78, 5) is 13.9. The maximum absolute atomic E-state index is 13.9. The molecule has 0 aliphatic carbocycles. The van der Waals surface area contributed by atoms with Gasteiger partial charge in [-0.3, -0.25) is 10.1 Å². The van der Waals surface area contributed by atoms with Crippen molar-refractivity contribution in [3.8, 4) is 5.75 Å². The van der Waals surface area contributed by atoms with Gasteiger partial charge in [-0.25, -0.2) is 4.39 Å². The van der Waals surface area contributed by atoms with Crippen LogP contribution in [0.15, 0.2) is 18.2 Å². The Kier molecular flexibility index (Phi) is 5.17. The molecular weight excluding hydrogens is 271 g/mol. The molecule has 21 heavy (non-hydrogen) atoms. The summed E-state index contributed by atoms with van der Waals surface area (Å²) in [7, 11) is 1.44. The van der Waals surface area contributed by atoms with Crippen LogP contribution in [0.25, 0.3) is 0 Å². The molecule has 1 aromatic carbocycles. The van der Waals surface area contributed by atoms with Crippen molar-refractivity contribution in [3.63, 3.8) is 0 Å². The minimum atomic E-state index is -0.404. The predicted molar refractivity (Wildman–Crippen MR) is 79.5 cm³/mol. The number of hydrogen-bond donors (Lipinski definition) is 1. The van der Waals surface area contributed by atoms with E-state index in [4.69, 9.17) is 4.74 Å². The molecular formula is C16H23FN2O2. The summed E-state index contributed by atoms with van der Waals surface area (Å²) in [6, 6.07) is 4.84. The molecule has 0 bridgehead atoms. The summed E-state index contributed by atoms with van der Waals surface area (Å²) in [5.41, 5.74) is 0.755. The lowest BCUT2D eigenvalue weighted by atomic mass is 10.0. The Labute approximate surface area is 125 Å². The van der Waals surface area contributed by atoms with Gasteiger partial charge in [0.05, 0.1) is 13.7 Å². The van der Waals surface area contributed by atoms with E-state index in [2.05, 4.69) is 19.2 Å². The van der Waals surface area contributed by atoms with Crippen molar-refractivity contribution in [1.82, 2.24) is 10.2 Å². The van der Waals surface area contributed by atoms with Crippen molar-refractivity contribution < 1.29 is 13.9 Å². The first-order valence-corrected chi connectivity index (χ1v) is 7.46. The Hall–Kier alpha value is -1.62. The van der Waals surface area contributed by atoms with Gasteiger partial charge in [0.15, 0.2) is 11.6 Å². The van der Waals surface area contributed by atoms with Crippen LogP contribution >= 0.6 is 0 Å². The van der Waals surface area contributed by atoms with E-state index in [1.807, 2.05) is 4.90 Å². The summed E-state index contributed by atoms with van der Waals surface area (Å²) in [5.74, 6) is 0.357. The van der Waals surface area contributed by atoms with Crippen molar-refractivity contribution >= 4 is 5.91 Å². The Morgan fingerprint density at radius 3 is 2.71 bits per heavy atom. The molecule has 1 atom stereocenters. The molecule has 1 aliphatic rings. The second-order valence-corrected chi connectivity index (χ2v) is 5.41. The number of ether oxygens (including phenoxy) is 1. The standard InChI is InChI=1S/C16H23FN2O2/c1-4-11(5-2)10-19-15(20)9-18-16(19)12-6-7-14(21-3)13(17)8-12/h6-8,11,16,18H,4-5,9-10H2,1-3H3. The molecule has 0 spiro atoms. The lowest BCUT2D eigenvalue weighted by molar-refractivity contribution is -0.128. The Morgan fingerprint density at radius 2 is 2.14 bits per heavy atom. The van der Waals surface area contributed by atoms with Gasteiger partial charge in [-0.05, 0) is 23.6 Å². The molecule has 116 valence electrons. The van der Waals surface area contributed by atoms with Gasteiger partial charge in [-0.1, -0.05) is 32.8 Å². The Bertz CT molecular complexity index is 503. The minimum Gasteiger partial charge on any atom is -0.494 e. The lowest BCUT2D eigenvalue weighted by Gasteiger charge is -2.28. The molecule has 0 aromatic heterocycles. The fraction of sp³-hybridized carbons (Fsp3) is 0.562. The van der Waals surface area contributed by atoms with Crippen LogP contribution in [-0.2, 0) is 4.79 Å². The van der Waals surface area contributed by atoms with Crippen LogP contribution in [0, 0.1) is 11.7 Å². The predicted octanol–water partition coefficient (Wildman–Crippen LogP) is 2.70. The zero-order valence-corrected chi connectivity index (χ0v) is 12.9. The van der Waals surface area contributed by atoms with Gasteiger partial charge in [0.1, 0.15) is 6.17 Å². The highest BCUT2D eigenvalue weighted by molar-refractivity contribution is 5.81. The molecule has 1 aromatic rings. The molecule has 1 aliphatic heterocycles. The monoisotopic (exact) mass is 294 g/mol. The highest BCUT2D eigenvalue weighted by Gasteiger charge is 2.32. The highest BCUT2D eigenvalue weighted by atomic mass is 19.1. The Morgan fingerprint density at radius 1 is 1.43 bits per heavy atom. The van der Waals surface area contributed by atoms with E-state index in [0.29, 0.717) is 19.0 Å². The topological polar surface area (TPSA) is 41.6 Å². The number of rotatable bonds is 6. The van der Waals surface area contributed by atoms with Crippen molar-refractivity contribution in [1.29, 1.82) is 0 Å². The van der Waals surface area contributed by atoms with E-state index in [0.717, 1.165) is 18.4 Å². The number of nitrogens with one attached hydrogen (secondary N) is 1. The number of hydrogen-bond acceptors (Lipinski definition) is 3. The maximum Gasteiger partial charge on any atom is 0.238 e. The van der Waals surface area contributed by atoms with Crippen LogP contribution in [0.5, 0.6) is 5.75 Å². The van der Waals surface area contributed by atoms with Crippen LogP contribution in [0.2, 0.25) is 0 Å². The average Bonchev–Trinajstić information content (AvgIpc) is 2.85. The minimum absolute atomic E-state index is 0.0723. The molecule has 4 nitrogen and oxygen atoms in total. The SMILES string of the molecule is CCC(CC)CN1C(=O)CNC1c1ccc(OC)c(F)c1. The summed E-state index contributed by atoms with van der Waals surface area (Å²) in [6.45, 7) is 5.27. The zero-order chi connectivity index (χ0) is 15.4. The van der Waals surface area contributed by atoms with Gasteiger partial charge in [-0.15, -0.1) is 0 Å². The summed E-state index contributed by atoms with van der Waals surface area (Å²) in [6.07, 6.45) is 1.81. The van der Waals surface area contributed by atoms with E-state index in [1.165, 1.54) is 13.2 Å². The van der Waals surface area contributed by atoms with E-state index in [9.17, 15) is 9.18 Å². The first kappa shape index (κ1) is 15.8. The fourth-order valence-corrected chi connectivity index (χ4v) is 2.72. The van der Waals surface area contributed by atoms with Crippen LogP contribution in [-0.4, -0.2) is 31.0 Å². The number of benzene rings is 1. The molecule has 1 saturated heterocycles. The molecule has 1 heterocycles. The summed E-state index contributed by atoms with van der Waals surface area (Å²) >= 11 is 0. The normalized spacial score (nSPS) is 18.6. The zero-order valence-electron chi connectivity index (χ0n) is 12.9. The van der Waals surface area contributed by atoms with Gasteiger partial charge >= 0.3 is 0 Å². The second-order valence-electron chi connectivity index (χ2n) is 5.41. The van der Waals surface area contributed by atoms with E-state index < -0.39 is 5.82 Å². The van der Waals surface area contributed by atoms with Crippen molar-refractivity contribution in [2.45, 2.75) is 32.9 Å². The summed E-state index contributed by atoms with van der Waals surface area (Å²) < 4.78 is 18.8. The first-order chi connectivity index (χ1) is 10.1. The summed E-state index contributed by atoms with van der Waals surface area (Å²) in [5, 5.41) is 3.16. The van der Waals surface area contributed by atoms with Crippen molar-refractivity contribution in [2.75, 3.05) is 20.2 Å². The van der Waals surface area contributed by atoms with Crippen LogP contribution < -0.4 is 10.1 Å². The number of nitrogens with zero attached hydrogens (tertiary/aromatic N) is 1. The third kappa shape index (κ3) is 3.35. The molecule has 5 heteroatoms. The smallest absolute Gasteiger partial charge is 0.238 e. The van der Waals surface area contributed by atoms with Gasteiger partial charge in [0.25, 0.3) is 0 Å². The molecule has 2 rings (SSSR count). The number of halogens is 1. The molecule has 1 unspecified atom stereocenters.